The largest absolute Gasteiger partial charge is 0.398 e. The van der Waals surface area contributed by atoms with E-state index in [2.05, 4.69) is 13.8 Å². The number of halogens is 1. The summed E-state index contributed by atoms with van der Waals surface area (Å²) < 4.78 is 13.2. The molecule has 1 atom stereocenters. The summed E-state index contributed by atoms with van der Waals surface area (Å²) >= 11 is 0. The summed E-state index contributed by atoms with van der Waals surface area (Å²) in [4.78, 5) is 14.0. The molecule has 2 rings (SSSR count). The van der Waals surface area contributed by atoms with Gasteiger partial charge in [-0.15, -0.1) is 0 Å². The van der Waals surface area contributed by atoms with Gasteiger partial charge in [0, 0.05) is 18.8 Å². The van der Waals surface area contributed by atoms with Crippen LogP contribution in [0.4, 0.5) is 10.1 Å². The standard InChI is InChI=1S/C14H19FN2O/c1-9(2)10-5-6-17(8-10)14(18)12-7-11(15)3-4-13(12)16/h3-4,7,9-10H,5-6,8,16H2,1-2H3. The number of nitrogen functional groups attached to an aromatic ring is 1. The molecule has 18 heavy (non-hydrogen) atoms. The Kier molecular flexibility index (Phi) is 3.55. The van der Waals surface area contributed by atoms with Crippen molar-refractivity contribution in [2.75, 3.05) is 18.8 Å². The maximum absolute atomic E-state index is 13.2. The summed E-state index contributed by atoms with van der Waals surface area (Å²) in [5.41, 5.74) is 6.36. The summed E-state index contributed by atoms with van der Waals surface area (Å²) in [6.07, 6.45) is 1.01. The average Bonchev–Trinajstić information content (AvgIpc) is 2.81. The number of benzene rings is 1. The minimum absolute atomic E-state index is 0.157. The van der Waals surface area contributed by atoms with E-state index in [0.29, 0.717) is 17.5 Å². The second kappa shape index (κ2) is 4.96. The highest BCUT2D eigenvalue weighted by molar-refractivity contribution is 5.99. The third-order valence-corrected chi connectivity index (χ3v) is 3.70. The van der Waals surface area contributed by atoms with Gasteiger partial charge in [-0.1, -0.05) is 13.8 Å². The molecule has 1 aromatic rings. The Labute approximate surface area is 107 Å². The van der Waals surface area contributed by atoms with Crippen molar-refractivity contribution in [1.82, 2.24) is 4.90 Å². The normalized spacial score (nSPS) is 19.6. The summed E-state index contributed by atoms with van der Waals surface area (Å²) in [6, 6.07) is 3.94. The number of nitrogens with zero attached hydrogens (tertiary/aromatic N) is 1. The van der Waals surface area contributed by atoms with Gasteiger partial charge in [0.15, 0.2) is 0 Å². The molecule has 0 saturated carbocycles. The number of likely N-dealkylation sites (tertiary alicyclic amines) is 1. The van der Waals surface area contributed by atoms with E-state index in [-0.39, 0.29) is 11.5 Å². The number of nitrogens with two attached hydrogens (primary N) is 1. The molecule has 98 valence electrons. The van der Waals surface area contributed by atoms with Crippen molar-refractivity contribution in [2.45, 2.75) is 20.3 Å². The van der Waals surface area contributed by atoms with Crippen LogP contribution in [0.15, 0.2) is 18.2 Å². The molecule has 0 aliphatic carbocycles. The molecule has 0 radical (unpaired) electrons. The minimum atomic E-state index is -0.424. The van der Waals surface area contributed by atoms with Crippen molar-refractivity contribution in [3.8, 4) is 0 Å². The van der Waals surface area contributed by atoms with Crippen LogP contribution in [0.1, 0.15) is 30.6 Å². The first-order chi connectivity index (χ1) is 8.49. The lowest BCUT2D eigenvalue weighted by Gasteiger charge is -2.19. The molecule has 2 N–H and O–H groups in total. The van der Waals surface area contributed by atoms with Gasteiger partial charge in [-0.3, -0.25) is 4.79 Å². The summed E-state index contributed by atoms with van der Waals surface area (Å²) in [6.45, 7) is 5.80. The van der Waals surface area contributed by atoms with Crippen LogP contribution >= 0.6 is 0 Å². The van der Waals surface area contributed by atoms with Crippen molar-refractivity contribution < 1.29 is 9.18 Å². The van der Waals surface area contributed by atoms with Gasteiger partial charge in [0.1, 0.15) is 5.82 Å². The fourth-order valence-corrected chi connectivity index (χ4v) is 2.40. The number of carbonyl (C=O) groups is 1. The first kappa shape index (κ1) is 12.9. The predicted octanol–water partition coefficient (Wildman–Crippen LogP) is 2.53. The SMILES string of the molecule is CC(C)C1CCN(C(=O)c2cc(F)ccc2N)C1. The Morgan fingerprint density at radius 1 is 1.50 bits per heavy atom. The molecular formula is C14H19FN2O. The highest BCUT2D eigenvalue weighted by Crippen LogP contribution is 2.26. The fraction of sp³-hybridized carbons (Fsp3) is 0.500. The van der Waals surface area contributed by atoms with Crippen molar-refractivity contribution in [3.63, 3.8) is 0 Å². The zero-order valence-corrected chi connectivity index (χ0v) is 10.8. The Morgan fingerprint density at radius 3 is 2.83 bits per heavy atom. The molecule has 0 aromatic heterocycles. The van der Waals surface area contributed by atoms with Crippen LogP contribution in [0.5, 0.6) is 0 Å². The lowest BCUT2D eigenvalue weighted by Crippen LogP contribution is -2.30. The number of hydrogen-bond acceptors (Lipinski definition) is 2. The van der Waals surface area contributed by atoms with Crippen LogP contribution in [-0.2, 0) is 0 Å². The van der Waals surface area contributed by atoms with Crippen LogP contribution in [0.2, 0.25) is 0 Å². The Bertz CT molecular complexity index is 459. The van der Waals surface area contributed by atoms with E-state index in [1.54, 1.807) is 4.90 Å². The van der Waals surface area contributed by atoms with Gasteiger partial charge in [-0.05, 0) is 36.5 Å². The van der Waals surface area contributed by atoms with Gasteiger partial charge in [0.25, 0.3) is 5.91 Å². The Morgan fingerprint density at radius 2 is 2.22 bits per heavy atom. The van der Waals surface area contributed by atoms with E-state index in [0.717, 1.165) is 19.5 Å². The fourth-order valence-electron chi connectivity index (χ4n) is 2.40. The van der Waals surface area contributed by atoms with Gasteiger partial charge in [0.2, 0.25) is 0 Å². The van der Waals surface area contributed by atoms with Crippen LogP contribution in [0, 0.1) is 17.7 Å². The molecule has 1 aliphatic rings. The highest BCUT2D eigenvalue weighted by Gasteiger charge is 2.29. The van der Waals surface area contributed by atoms with E-state index in [9.17, 15) is 9.18 Å². The molecule has 1 unspecified atom stereocenters. The van der Waals surface area contributed by atoms with E-state index < -0.39 is 5.82 Å². The van der Waals surface area contributed by atoms with Gasteiger partial charge >= 0.3 is 0 Å². The van der Waals surface area contributed by atoms with E-state index in [4.69, 9.17) is 5.73 Å². The zero-order valence-electron chi connectivity index (χ0n) is 10.8. The molecule has 1 fully saturated rings. The molecule has 1 saturated heterocycles. The van der Waals surface area contributed by atoms with Crippen molar-refractivity contribution in [1.29, 1.82) is 0 Å². The lowest BCUT2D eigenvalue weighted by molar-refractivity contribution is 0.0784. The second-order valence-electron chi connectivity index (χ2n) is 5.28. The van der Waals surface area contributed by atoms with Crippen LogP contribution in [0.25, 0.3) is 0 Å². The number of hydrogen-bond donors (Lipinski definition) is 1. The first-order valence-electron chi connectivity index (χ1n) is 6.33. The third kappa shape index (κ3) is 2.47. The number of amides is 1. The second-order valence-corrected chi connectivity index (χ2v) is 5.28. The topological polar surface area (TPSA) is 46.3 Å². The number of carbonyl (C=O) groups excluding carboxylic acids is 1. The third-order valence-electron chi connectivity index (χ3n) is 3.70. The van der Waals surface area contributed by atoms with Crippen molar-refractivity contribution in [3.05, 3.63) is 29.6 Å². The minimum Gasteiger partial charge on any atom is -0.398 e. The quantitative estimate of drug-likeness (QED) is 0.820. The molecule has 1 aromatic carbocycles. The molecule has 1 amide bonds. The van der Waals surface area contributed by atoms with Gasteiger partial charge in [0.05, 0.1) is 5.56 Å². The molecule has 3 nitrogen and oxygen atoms in total. The maximum atomic E-state index is 13.2. The smallest absolute Gasteiger partial charge is 0.256 e. The Hall–Kier alpha value is -1.58. The molecule has 0 spiro atoms. The van der Waals surface area contributed by atoms with Gasteiger partial charge in [-0.25, -0.2) is 4.39 Å². The predicted molar refractivity (Wildman–Crippen MR) is 69.7 cm³/mol. The molecule has 4 heteroatoms. The summed E-state index contributed by atoms with van der Waals surface area (Å²) in [7, 11) is 0. The van der Waals surface area contributed by atoms with E-state index in [1.165, 1.54) is 18.2 Å². The molecule has 0 bridgehead atoms. The highest BCUT2D eigenvalue weighted by atomic mass is 19.1. The monoisotopic (exact) mass is 250 g/mol. The van der Waals surface area contributed by atoms with Crippen molar-refractivity contribution >= 4 is 11.6 Å². The van der Waals surface area contributed by atoms with Crippen LogP contribution in [0.3, 0.4) is 0 Å². The number of anilines is 1. The summed E-state index contributed by atoms with van der Waals surface area (Å²) in [5, 5.41) is 0. The van der Waals surface area contributed by atoms with E-state index >= 15 is 0 Å². The molecule has 1 aliphatic heterocycles. The maximum Gasteiger partial charge on any atom is 0.256 e. The molecule has 1 heterocycles. The molecular weight excluding hydrogens is 231 g/mol. The van der Waals surface area contributed by atoms with Crippen molar-refractivity contribution in [2.24, 2.45) is 11.8 Å². The first-order valence-corrected chi connectivity index (χ1v) is 6.33. The van der Waals surface area contributed by atoms with Crippen LogP contribution < -0.4 is 5.73 Å². The van der Waals surface area contributed by atoms with E-state index in [1.807, 2.05) is 0 Å². The van der Waals surface area contributed by atoms with Crippen LogP contribution in [-0.4, -0.2) is 23.9 Å². The Balaban J connectivity index is 2.15. The zero-order chi connectivity index (χ0) is 13.3. The van der Waals surface area contributed by atoms with Gasteiger partial charge in [-0.2, -0.15) is 0 Å². The van der Waals surface area contributed by atoms with Gasteiger partial charge < -0.3 is 10.6 Å². The lowest BCUT2D eigenvalue weighted by atomic mass is 9.95. The average molecular weight is 250 g/mol. The number of rotatable bonds is 2. The summed E-state index contributed by atoms with van der Waals surface area (Å²) in [5.74, 6) is 0.513.